The summed E-state index contributed by atoms with van der Waals surface area (Å²) in [6.45, 7) is 1.96. The number of benzene rings is 2. The lowest BCUT2D eigenvalue weighted by molar-refractivity contribution is -0.137. The number of carbonyl (C=O) groups excluding carboxylic acids is 2. The van der Waals surface area contributed by atoms with Crippen LogP contribution >= 0.6 is 15.9 Å². The van der Waals surface area contributed by atoms with E-state index in [9.17, 15) is 9.59 Å². The van der Waals surface area contributed by atoms with Crippen molar-refractivity contribution in [3.05, 3.63) is 64.1 Å². The molecule has 2 N–H and O–H groups in total. The van der Waals surface area contributed by atoms with Gasteiger partial charge in [0.1, 0.15) is 0 Å². The van der Waals surface area contributed by atoms with Gasteiger partial charge in [-0.2, -0.15) is 0 Å². The van der Waals surface area contributed by atoms with Gasteiger partial charge in [0.25, 0.3) is 0 Å². The molecule has 2 aromatic rings. The van der Waals surface area contributed by atoms with Crippen LogP contribution in [0.3, 0.4) is 0 Å². The molecule has 2 aromatic carbocycles. The van der Waals surface area contributed by atoms with Crippen molar-refractivity contribution in [3.63, 3.8) is 0 Å². The molecule has 25 heavy (non-hydrogen) atoms. The summed E-state index contributed by atoms with van der Waals surface area (Å²) < 4.78 is 0.757. The smallest absolute Gasteiger partial charge is 0.313 e. The number of anilines is 1. The first-order chi connectivity index (χ1) is 12.0. The average Bonchev–Trinajstić information content (AvgIpc) is 2.55. The maximum absolute atomic E-state index is 12.4. The molecule has 1 fully saturated rings. The SMILES string of the molecule is Cc1ccc(NC(=O)C(=O)NC(c2ccccc2)C2CCC2)c(Br)c1. The molecule has 1 atom stereocenters. The molecule has 130 valence electrons. The molecule has 0 spiro atoms. The number of rotatable bonds is 4. The highest BCUT2D eigenvalue weighted by molar-refractivity contribution is 9.10. The van der Waals surface area contributed by atoms with Gasteiger partial charge in [0.05, 0.1) is 11.7 Å². The molecule has 4 nitrogen and oxygen atoms in total. The Labute approximate surface area is 156 Å². The second-order valence-electron chi connectivity index (χ2n) is 6.49. The quantitative estimate of drug-likeness (QED) is 0.749. The van der Waals surface area contributed by atoms with Crippen molar-refractivity contribution in [2.24, 2.45) is 5.92 Å². The number of hydrogen-bond acceptors (Lipinski definition) is 2. The molecule has 0 radical (unpaired) electrons. The van der Waals surface area contributed by atoms with E-state index in [0.717, 1.165) is 28.4 Å². The largest absolute Gasteiger partial charge is 0.341 e. The molecule has 2 amide bonds. The average molecular weight is 401 g/mol. The highest BCUT2D eigenvalue weighted by Gasteiger charge is 2.31. The van der Waals surface area contributed by atoms with Gasteiger partial charge >= 0.3 is 11.8 Å². The Morgan fingerprint density at radius 2 is 1.80 bits per heavy atom. The summed E-state index contributed by atoms with van der Waals surface area (Å²) >= 11 is 3.41. The van der Waals surface area contributed by atoms with Crippen LogP contribution in [-0.2, 0) is 9.59 Å². The summed E-state index contributed by atoms with van der Waals surface area (Å²) in [4.78, 5) is 24.7. The topological polar surface area (TPSA) is 58.2 Å². The summed E-state index contributed by atoms with van der Waals surface area (Å²) in [5.74, 6) is -0.858. The summed E-state index contributed by atoms with van der Waals surface area (Å²) in [5, 5.41) is 5.59. The van der Waals surface area contributed by atoms with Crippen molar-refractivity contribution < 1.29 is 9.59 Å². The predicted molar refractivity (Wildman–Crippen MR) is 102 cm³/mol. The van der Waals surface area contributed by atoms with Crippen LogP contribution < -0.4 is 10.6 Å². The molecule has 3 rings (SSSR count). The Morgan fingerprint density at radius 1 is 1.08 bits per heavy atom. The van der Waals surface area contributed by atoms with Crippen LogP contribution in [0.4, 0.5) is 5.69 Å². The van der Waals surface area contributed by atoms with E-state index in [-0.39, 0.29) is 6.04 Å². The number of amides is 2. The number of carbonyl (C=O) groups is 2. The van der Waals surface area contributed by atoms with E-state index in [4.69, 9.17) is 0 Å². The van der Waals surface area contributed by atoms with Gasteiger partial charge in [0.2, 0.25) is 0 Å². The Morgan fingerprint density at radius 3 is 2.40 bits per heavy atom. The summed E-state index contributed by atoms with van der Waals surface area (Å²) in [7, 11) is 0. The van der Waals surface area contributed by atoms with Crippen molar-refractivity contribution in [2.75, 3.05) is 5.32 Å². The van der Waals surface area contributed by atoms with Crippen molar-refractivity contribution in [2.45, 2.75) is 32.2 Å². The Balaban J connectivity index is 1.69. The van der Waals surface area contributed by atoms with Gasteiger partial charge < -0.3 is 10.6 Å². The fraction of sp³-hybridized carbons (Fsp3) is 0.300. The lowest BCUT2D eigenvalue weighted by atomic mass is 9.77. The minimum Gasteiger partial charge on any atom is -0.341 e. The fourth-order valence-corrected chi connectivity index (χ4v) is 3.61. The third kappa shape index (κ3) is 4.28. The third-order valence-corrected chi connectivity index (χ3v) is 5.30. The van der Waals surface area contributed by atoms with Gasteiger partial charge in [-0.05, 0) is 64.9 Å². The van der Waals surface area contributed by atoms with Gasteiger partial charge in [0, 0.05) is 4.47 Å². The number of hydrogen-bond donors (Lipinski definition) is 2. The highest BCUT2D eigenvalue weighted by Crippen LogP contribution is 2.37. The summed E-state index contributed by atoms with van der Waals surface area (Å²) in [6, 6.07) is 15.3. The molecule has 1 saturated carbocycles. The van der Waals surface area contributed by atoms with Crippen LogP contribution in [0.5, 0.6) is 0 Å². The van der Waals surface area contributed by atoms with Gasteiger partial charge in [0.15, 0.2) is 0 Å². The first kappa shape index (κ1) is 17.7. The van der Waals surface area contributed by atoms with Gasteiger partial charge in [-0.25, -0.2) is 0 Å². The van der Waals surface area contributed by atoms with Crippen LogP contribution in [0.15, 0.2) is 53.0 Å². The monoisotopic (exact) mass is 400 g/mol. The molecule has 1 unspecified atom stereocenters. The van der Waals surface area contributed by atoms with Gasteiger partial charge in [-0.1, -0.05) is 42.8 Å². The van der Waals surface area contributed by atoms with E-state index in [2.05, 4.69) is 26.6 Å². The maximum Gasteiger partial charge on any atom is 0.313 e. The van der Waals surface area contributed by atoms with E-state index in [1.165, 1.54) is 6.42 Å². The summed E-state index contributed by atoms with van der Waals surface area (Å²) in [5.41, 5.74) is 2.71. The van der Waals surface area contributed by atoms with Crippen LogP contribution in [0, 0.1) is 12.8 Å². The Kier molecular flexibility index (Phi) is 5.53. The fourth-order valence-electron chi connectivity index (χ4n) is 3.01. The van der Waals surface area contributed by atoms with Crippen LogP contribution in [0.2, 0.25) is 0 Å². The molecule has 0 aliphatic heterocycles. The minimum atomic E-state index is -0.648. The molecule has 0 aromatic heterocycles. The molecule has 0 saturated heterocycles. The van der Waals surface area contributed by atoms with Crippen LogP contribution in [0.25, 0.3) is 0 Å². The zero-order valence-corrected chi connectivity index (χ0v) is 15.7. The summed E-state index contributed by atoms with van der Waals surface area (Å²) in [6.07, 6.45) is 3.32. The standard InChI is InChI=1S/C20H21BrN2O2/c1-13-10-11-17(16(21)12-13)22-19(24)20(25)23-18(15-8-5-9-15)14-6-3-2-4-7-14/h2-4,6-7,10-12,15,18H,5,8-9H2,1H3,(H,22,24)(H,23,25). The van der Waals surface area contributed by atoms with Crippen molar-refractivity contribution >= 4 is 33.4 Å². The molecular formula is C20H21BrN2O2. The lowest BCUT2D eigenvalue weighted by Gasteiger charge is -2.34. The number of aryl methyl sites for hydroxylation is 1. The number of halogens is 1. The molecule has 1 aliphatic rings. The van der Waals surface area contributed by atoms with Crippen molar-refractivity contribution in [1.29, 1.82) is 0 Å². The first-order valence-electron chi connectivity index (χ1n) is 8.47. The lowest BCUT2D eigenvalue weighted by Crippen LogP contribution is -2.41. The van der Waals surface area contributed by atoms with Gasteiger partial charge in [-0.15, -0.1) is 0 Å². The van der Waals surface area contributed by atoms with Crippen LogP contribution in [-0.4, -0.2) is 11.8 Å². The van der Waals surface area contributed by atoms with Crippen LogP contribution in [0.1, 0.15) is 36.4 Å². The Hall–Kier alpha value is -2.14. The van der Waals surface area contributed by atoms with Crippen molar-refractivity contribution in [1.82, 2.24) is 5.32 Å². The Bertz CT molecular complexity index is 773. The molecule has 5 heteroatoms. The van der Waals surface area contributed by atoms with E-state index in [1.54, 1.807) is 6.07 Å². The molecule has 1 aliphatic carbocycles. The zero-order chi connectivity index (χ0) is 17.8. The van der Waals surface area contributed by atoms with E-state index in [1.807, 2.05) is 49.4 Å². The van der Waals surface area contributed by atoms with E-state index < -0.39 is 11.8 Å². The zero-order valence-electron chi connectivity index (χ0n) is 14.1. The van der Waals surface area contributed by atoms with E-state index >= 15 is 0 Å². The highest BCUT2D eigenvalue weighted by atomic mass is 79.9. The number of nitrogens with one attached hydrogen (secondary N) is 2. The molecule has 0 bridgehead atoms. The first-order valence-corrected chi connectivity index (χ1v) is 9.27. The van der Waals surface area contributed by atoms with Gasteiger partial charge in [-0.3, -0.25) is 9.59 Å². The normalized spacial score (nSPS) is 15.1. The molecular weight excluding hydrogens is 380 g/mol. The minimum absolute atomic E-state index is 0.116. The predicted octanol–water partition coefficient (Wildman–Crippen LogP) is 4.35. The molecule has 0 heterocycles. The second kappa shape index (κ2) is 7.83. The maximum atomic E-state index is 12.4. The third-order valence-electron chi connectivity index (χ3n) is 4.65. The van der Waals surface area contributed by atoms with Crippen molar-refractivity contribution in [3.8, 4) is 0 Å². The van der Waals surface area contributed by atoms with E-state index in [0.29, 0.717) is 11.6 Å². The second-order valence-corrected chi connectivity index (χ2v) is 7.34.